The maximum Gasteiger partial charge on any atom is 0.312 e. The van der Waals surface area contributed by atoms with E-state index < -0.39 is 17.3 Å². The van der Waals surface area contributed by atoms with Crippen LogP contribution in [-0.2, 0) is 19.1 Å². The van der Waals surface area contributed by atoms with Crippen molar-refractivity contribution in [3.63, 3.8) is 0 Å². The van der Waals surface area contributed by atoms with Gasteiger partial charge in [-0.15, -0.1) is 0 Å². The minimum atomic E-state index is -0.815. The van der Waals surface area contributed by atoms with Gasteiger partial charge in [-0.25, -0.2) is 0 Å². The second-order valence-electron chi connectivity index (χ2n) is 3.89. The van der Waals surface area contributed by atoms with Crippen LogP contribution in [0.3, 0.4) is 0 Å². The van der Waals surface area contributed by atoms with Crippen molar-refractivity contribution in [2.75, 3.05) is 7.11 Å². The highest BCUT2D eigenvalue weighted by atomic mass is 16.5. The molecule has 0 aromatic rings. The van der Waals surface area contributed by atoms with E-state index in [9.17, 15) is 14.4 Å². The fraction of sp³-hybridized carbons (Fsp3) is 0.700. The average Bonchev–Trinajstić information content (AvgIpc) is 2.20. The number of ketones is 1. The van der Waals surface area contributed by atoms with Crippen LogP contribution in [0.5, 0.6) is 0 Å². The summed E-state index contributed by atoms with van der Waals surface area (Å²) in [5.74, 6) is -0.887. The molecule has 4 nitrogen and oxygen atoms in total. The lowest BCUT2D eigenvalue weighted by molar-refractivity contribution is -0.160. The molecule has 2 atom stereocenters. The predicted octanol–water partition coefficient (Wildman–Crippen LogP) is 0.734. The van der Waals surface area contributed by atoms with Gasteiger partial charge in [0, 0.05) is 18.8 Å². The van der Waals surface area contributed by atoms with Crippen molar-refractivity contribution in [2.45, 2.75) is 26.2 Å². The minimum absolute atomic E-state index is 0.0449. The lowest BCUT2D eigenvalue weighted by Crippen LogP contribution is -2.42. The third-order valence-electron chi connectivity index (χ3n) is 3.01. The lowest BCUT2D eigenvalue weighted by atomic mass is 9.68. The van der Waals surface area contributed by atoms with Crippen LogP contribution >= 0.6 is 0 Å². The van der Waals surface area contributed by atoms with Crippen molar-refractivity contribution in [1.29, 1.82) is 0 Å². The SMILES string of the molecule is COC(=O)[C@@]1(C)CCC(=O)C[C@H]1C=O. The molecule has 14 heavy (non-hydrogen) atoms. The maximum atomic E-state index is 11.5. The zero-order valence-electron chi connectivity index (χ0n) is 8.41. The highest BCUT2D eigenvalue weighted by Gasteiger charge is 2.46. The van der Waals surface area contributed by atoms with E-state index in [1.165, 1.54) is 7.11 Å². The first kappa shape index (κ1) is 10.9. The van der Waals surface area contributed by atoms with Crippen LogP contribution < -0.4 is 0 Å². The number of aldehydes is 1. The summed E-state index contributed by atoms with van der Waals surface area (Å²) < 4.78 is 4.65. The normalized spacial score (nSPS) is 32.4. The van der Waals surface area contributed by atoms with Crippen LogP contribution in [0.25, 0.3) is 0 Å². The van der Waals surface area contributed by atoms with E-state index in [0.717, 1.165) is 0 Å². The summed E-state index contributed by atoms with van der Waals surface area (Å²) in [4.78, 5) is 33.4. The zero-order valence-corrected chi connectivity index (χ0v) is 8.41. The summed E-state index contributed by atoms with van der Waals surface area (Å²) >= 11 is 0. The van der Waals surface area contributed by atoms with Crippen LogP contribution in [0, 0.1) is 11.3 Å². The van der Waals surface area contributed by atoms with Gasteiger partial charge in [-0.2, -0.15) is 0 Å². The van der Waals surface area contributed by atoms with Crippen LogP contribution in [0.2, 0.25) is 0 Å². The maximum absolute atomic E-state index is 11.5. The number of hydrogen-bond acceptors (Lipinski definition) is 4. The average molecular weight is 198 g/mol. The topological polar surface area (TPSA) is 60.4 Å². The molecule has 4 heteroatoms. The summed E-state index contributed by atoms with van der Waals surface area (Å²) in [6.45, 7) is 1.68. The molecule has 1 saturated carbocycles. The Morgan fingerprint density at radius 1 is 1.64 bits per heavy atom. The van der Waals surface area contributed by atoms with E-state index >= 15 is 0 Å². The number of esters is 1. The smallest absolute Gasteiger partial charge is 0.312 e. The molecule has 0 amide bonds. The van der Waals surface area contributed by atoms with Crippen molar-refractivity contribution in [3.05, 3.63) is 0 Å². The molecule has 0 N–H and O–H groups in total. The van der Waals surface area contributed by atoms with Gasteiger partial charge in [0.2, 0.25) is 0 Å². The molecule has 1 fully saturated rings. The first-order chi connectivity index (χ1) is 6.54. The van der Waals surface area contributed by atoms with Crippen molar-refractivity contribution in [3.8, 4) is 0 Å². The summed E-state index contributed by atoms with van der Waals surface area (Å²) in [7, 11) is 1.30. The molecule has 0 aliphatic heterocycles. The number of Topliss-reactive ketones (excluding diaryl/α,β-unsaturated/α-hetero) is 1. The number of hydrogen-bond donors (Lipinski definition) is 0. The zero-order chi connectivity index (χ0) is 10.8. The first-order valence-corrected chi connectivity index (χ1v) is 4.60. The molecule has 1 aliphatic rings. The highest BCUT2D eigenvalue weighted by Crippen LogP contribution is 2.39. The molecular weight excluding hydrogens is 184 g/mol. The van der Waals surface area contributed by atoms with Crippen LogP contribution in [0.1, 0.15) is 26.2 Å². The van der Waals surface area contributed by atoms with Crippen molar-refractivity contribution >= 4 is 18.0 Å². The largest absolute Gasteiger partial charge is 0.469 e. The molecule has 0 saturated heterocycles. The number of carbonyl (C=O) groups is 3. The molecule has 0 unspecified atom stereocenters. The van der Waals surface area contributed by atoms with Gasteiger partial charge >= 0.3 is 5.97 Å². The van der Waals surface area contributed by atoms with Crippen LogP contribution in [0.15, 0.2) is 0 Å². The van der Waals surface area contributed by atoms with Gasteiger partial charge in [0.1, 0.15) is 12.1 Å². The number of methoxy groups -OCH3 is 1. The second kappa shape index (κ2) is 3.90. The Bertz CT molecular complexity index is 271. The summed E-state index contributed by atoms with van der Waals surface area (Å²) in [5, 5.41) is 0. The third-order valence-corrected chi connectivity index (χ3v) is 3.01. The van der Waals surface area contributed by atoms with E-state index in [4.69, 9.17) is 0 Å². The van der Waals surface area contributed by atoms with Gasteiger partial charge in [0.05, 0.1) is 12.5 Å². The quantitative estimate of drug-likeness (QED) is 0.485. The van der Waals surface area contributed by atoms with E-state index in [1.54, 1.807) is 6.92 Å². The fourth-order valence-electron chi connectivity index (χ4n) is 1.84. The molecule has 78 valence electrons. The fourth-order valence-corrected chi connectivity index (χ4v) is 1.84. The molecule has 1 aliphatic carbocycles. The standard InChI is InChI=1S/C10H14O4/c1-10(9(13)14-2)4-3-8(12)5-7(10)6-11/h6-7H,3-5H2,1-2H3/t7-,10-/m0/s1. The summed E-state index contributed by atoms with van der Waals surface area (Å²) in [6, 6.07) is 0. The van der Waals surface area contributed by atoms with E-state index in [-0.39, 0.29) is 12.2 Å². The summed E-state index contributed by atoms with van der Waals surface area (Å²) in [5.41, 5.74) is -0.815. The van der Waals surface area contributed by atoms with E-state index in [2.05, 4.69) is 4.74 Å². The predicted molar refractivity (Wildman–Crippen MR) is 48.5 cm³/mol. The lowest BCUT2D eigenvalue weighted by Gasteiger charge is -2.34. The highest BCUT2D eigenvalue weighted by molar-refractivity contribution is 5.89. The Kier molecular flexibility index (Phi) is 3.03. The van der Waals surface area contributed by atoms with Crippen LogP contribution in [-0.4, -0.2) is 25.1 Å². The van der Waals surface area contributed by atoms with Gasteiger partial charge in [-0.3, -0.25) is 9.59 Å². The summed E-state index contributed by atoms with van der Waals surface area (Å²) in [6.07, 6.45) is 1.61. The van der Waals surface area contributed by atoms with Gasteiger partial charge in [0.15, 0.2) is 0 Å². The van der Waals surface area contributed by atoms with Crippen molar-refractivity contribution in [2.24, 2.45) is 11.3 Å². The molecular formula is C10H14O4. The molecule has 0 heterocycles. The number of rotatable bonds is 2. The first-order valence-electron chi connectivity index (χ1n) is 4.60. The number of ether oxygens (including phenoxy) is 1. The Hall–Kier alpha value is -1.19. The minimum Gasteiger partial charge on any atom is -0.469 e. The second-order valence-corrected chi connectivity index (χ2v) is 3.89. The van der Waals surface area contributed by atoms with Gasteiger partial charge in [-0.05, 0) is 13.3 Å². The Labute approximate surface area is 82.6 Å². The third kappa shape index (κ3) is 1.69. The molecule has 0 bridgehead atoms. The molecule has 0 spiro atoms. The van der Waals surface area contributed by atoms with E-state index in [1.807, 2.05) is 0 Å². The van der Waals surface area contributed by atoms with Gasteiger partial charge in [-0.1, -0.05) is 0 Å². The molecule has 0 aromatic carbocycles. The number of carbonyl (C=O) groups excluding carboxylic acids is 3. The monoisotopic (exact) mass is 198 g/mol. The van der Waals surface area contributed by atoms with Gasteiger partial charge < -0.3 is 9.53 Å². The molecule has 0 radical (unpaired) electrons. The Morgan fingerprint density at radius 2 is 2.29 bits per heavy atom. The van der Waals surface area contributed by atoms with Crippen molar-refractivity contribution in [1.82, 2.24) is 0 Å². The van der Waals surface area contributed by atoms with E-state index in [0.29, 0.717) is 19.1 Å². The molecule has 0 aromatic heterocycles. The van der Waals surface area contributed by atoms with Crippen molar-refractivity contribution < 1.29 is 19.1 Å². The Balaban J connectivity index is 2.90. The van der Waals surface area contributed by atoms with Crippen LogP contribution in [0.4, 0.5) is 0 Å². The molecule has 1 rings (SSSR count). The Morgan fingerprint density at radius 3 is 2.79 bits per heavy atom. The van der Waals surface area contributed by atoms with Gasteiger partial charge in [0.25, 0.3) is 0 Å².